The maximum atomic E-state index is 4.90. The van der Waals surface area contributed by atoms with Crippen LogP contribution in [0.5, 0.6) is 0 Å². The summed E-state index contributed by atoms with van der Waals surface area (Å²) in [5.74, 6) is 2.28. The second kappa shape index (κ2) is 0.535. The molecule has 0 radical (unpaired) electrons. The molecule has 0 fully saturated rings. The first-order valence-corrected chi connectivity index (χ1v) is 2.04. The number of ether oxygens (including phenoxy) is 1. The van der Waals surface area contributed by atoms with Gasteiger partial charge in [-0.3, -0.25) is 0 Å². The van der Waals surface area contributed by atoms with Crippen molar-refractivity contribution in [1.82, 2.24) is 0 Å². The van der Waals surface area contributed by atoms with Crippen molar-refractivity contribution in [3.8, 4) is 0 Å². The van der Waals surface area contributed by atoms with E-state index in [4.69, 9.17) is 4.74 Å². The van der Waals surface area contributed by atoms with Crippen molar-refractivity contribution in [3.63, 3.8) is 0 Å². The normalized spacial score (nSPS) is 24.0. The summed E-state index contributed by atoms with van der Waals surface area (Å²) in [4.78, 5) is 0. The maximum absolute atomic E-state index is 4.90. The first-order chi connectivity index (χ1) is 2.97. The molecule has 1 nitrogen and oxygen atoms in total. The Hall–Kier alpha value is -0.720. The monoisotopic (exact) mass is 80.0 g/mol. The number of rotatable bonds is 0. The molecule has 30 valence electrons. The summed E-state index contributed by atoms with van der Waals surface area (Å²) in [6.07, 6.45) is 5.15. The largest absolute Gasteiger partial charge is 0.454 e. The van der Waals surface area contributed by atoms with Gasteiger partial charge in [0.2, 0.25) is 0 Å². The van der Waals surface area contributed by atoms with E-state index in [2.05, 4.69) is 6.08 Å². The minimum absolute atomic E-state index is 1.04. The first kappa shape index (κ1) is 2.45. The van der Waals surface area contributed by atoms with Gasteiger partial charge in [0.1, 0.15) is 0 Å². The zero-order chi connectivity index (χ0) is 3.98. The molecule has 0 aromatic heterocycles. The smallest absolute Gasteiger partial charge is 0.165 e. The van der Waals surface area contributed by atoms with Crippen LogP contribution in [0.1, 0.15) is 6.42 Å². The molecule has 0 N–H and O–H groups in total. The standard InChI is InChI=1S/C5H4O/c1-2-4-5(3-1)6-4/h1-2H,3H2. The molecule has 0 saturated carbocycles. The van der Waals surface area contributed by atoms with E-state index in [0.29, 0.717) is 0 Å². The molecule has 1 aliphatic carbocycles. The van der Waals surface area contributed by atoms with E-state index in [1.54, 1.807) is 0 Å². The highest BCUT2D eigenvalue weighted by Gasteiger charge is 2.24. The number of hydrogen-bond acceptors (Lipinski definition) is 1. The van der Waals surface area contributed by atoms with Crippen LogP contribution in [0.3, 0.4) is 0 Å². The Balaban J connectivity index is 2.48. The summed E-state index contributed by atoms with van der Waals surface area (Å²) < 4.78 is 4.90. The van der Waals surface area contributed by atoms with Gasteiger partial charge in [0, 0.05) is 6.42 Å². The fraction of sp³-hybridized carbons (Fsp3) is 0.200. The quantitative estimate of drug-likeness (QED) is 0.425. The van der Waals surface area contributed by atoms with E-state index in [0.717, 1.165) is 12.2 Å². The van der Waals surface area contributed by atoms with Crippen molar-refractivity contribution in [2.45, 2.75) is 6.42 Å². The fourth-order valence-electron chi connectivity index (χ4n) is 0.649. The minimum atomic E-state index is 1.04. The summed E-state index contributed by atoms with van der Waals surface area (Å²) >= 11 is 0. The van der Waals surface area contributed by atoms with Crippen molar-refractivity contribution in [1.29, 1.82) is 0 Å². The lowest BCUT2D eigenvalue weighted by Gasteiger charge is -1.77. The van der Waals surface area contributed by atoms with Gasteiger partial charge in [-0.15, -0.1) is 0 Å². The predicted octanol–water partition coefficient (Wildman–Crippen LogP) is 1.19. The lowest BCUT2D eigenvalue weighted by atomic mass is 10.5. The molecule has 0 saturated heterocycles. The number of allylic oxidation sites excluding steroid dienone is 2. The van der Waals surface area contributed by atoms with Gasteiger partial charge in [-0.1, -0.05) is 6.08 Å². The van der Waals surface area contributed by atoms with Gasteiger partial charge in [-0.05, 0) is 6.08 Å². The summed E-state index contributed by atoms with van der Waals surface area (Å²) in [7, 11) is 0. The fourth-order valence-corrected chi connectivity index (χ4v) is 0.649. The molecule has 0 aromatic rings. The van der Waals surface area contributed by atoms with E-state index >= 15 is 0 Å². The van der Waals surface area contributed by atoms with Gasteiger partial charge < -0.3 is 4.74 Å². The lowest BCUT2D eigenvalue weighted by Crippen LogP contribution is -1.59. The van der Waals surface area contributed by atoms with Crippen LogP contribution in [0.25, 0.3) is 0 Å². The number of hydrogen-bond donors (Lipinski definition) is 0. The Kier molecular flexibility index (Phi) is 0.219. The zero-order valence-electron chi connectivity index (χ0n) is 3.27. The maximum Gasteiger partial charge on any atom is 0.165 e. The SMILES string of the molecule is C1=CC2=C(C1)O2. The van der Waals surface area contributed by atoms with Gasteiger partial charge in [0.15, 0.2) is 11.5 Å². The van der Waals surface area contributed by atoms with Crippen molar-refractivity contribution in [2.75, 3.05) is 0 Å². The highest BCUT2D eigenvalue weighted by atomic mass is 16.6. The Bertz CT molecular complexity index is 142. The third-order valence-corrected chi connectivity index (χ3v) is 1.04. The summed E-state index contributed by atoms with van der Waals surface area (Å²) in [5, 5.41) is 0. The van der Waals surface area contributed by atoms with Crippen molar-refractivity contribution >= 4 is 0 Å². The van der Waals surface area contributed by atoms with Crippen LogP contribution >= 0.6 is 0 Å². The molecule has 0 bridgehead atoms. The van der Waals surface area contributed by atoms with Gasteiger partial charge in [0.25, 0.3) is 0 Å². The van der Waals surface area contributed by atoms with Crippen LogP contribution in [0.4, 0.5) is 0 Å². The minimum Gasteiger partial charge on any atom is -0.454 e. The van der Waals surface area contributed by atoms with Crippen molar-refractivity contribution < 1.29 is 4.74 Å². The average Bonchev–Trinajstić information content (AvgIpc) is 2.17. The molecule has 1 heterocycles. The Morgan fingerprint density at radius 2 is 2.67 bits per heavy atom. The third-order valence-electron chi connectivity index (χ3n) is 1.04. The summed E-state index contributed by atoms with van der Waals surface area (Å²) in [6, 6.07) is 0. The van der Waals surface area contributed by atoms with E-state index in [1.807, 2.05) is 6.08 Å². The lowest BCUT2D eigenvalue weighted by molar-refractivity contribution is 0.466. The topological polar surface area (TPSA) is 12.5 Å². The molecule has 0 atom stereocenters. The zero-order valence-corrected chi connectivity index (χ0v) is 3.27. The molecule has 0 unspecified atom stereocenters. The molecular formula is C5H4O. The average molecular weight is 80.1 g/mol. The van der Waals surface area contributed by atoms with Crippen LogP contribution in [-0.2, 0) is 4.74 Å². The van der Waals surface area contributed by atoms with Gasteiger partial charge >= 0.3 is 0 Å². The molecule has 6 heavy (non-hydrogen) atoms. The van der Waals surface area contributed by atoms with Crippen molar-refractivity contribution in [3.05, 3.63) is 23.7 Å². The highest BCUT2D eigenvalue weighted by Crippen LogP contribution is 2.35. The summed E-state index contributed by atoms with van der Waals surface area (Å²) in [5.41, 5.74) is 0. The van der Waals surface area contributed by atoms with E-state index < -0.39 is 0 Å². The van der Waals surface area contributed by atoms with Gasteiger partial charge in [-0.2, -0.15) is 0 Å². The molecule has 1 aliphatic heterocycles. The van der Waals surface area contributed by atoms with Gasteiger partial charge in [0.05, 0.1) is 0 Å². The predicted molar refractivity (Wildman–Crippen MR) is 21.9 cm³/mol. The summed E-state index contributed by atoms with van der Waals surface area (Å²) in [6.45, 7) is 0. The van der Waals surface area contributed by atoms with Crippen LogP contribution < -0.4 is 0 Å². The first-order valence-electron chi connectivity index (χ1n) is 2.04. The molecule has 0 spiro atoms. The third kappa shape index (κ3) is 0.134. The Morgan fingerprint density at radius 3 is 2.83 bits per heavy atom. The molecule has 0 amide bonds. The van der Waals surface area contributed by atoms with E-state index in [1.165, 1.54) is 5.76 Å². The van der Waals surface area contributed by atoms with Crippen LogP contribution in [0, 0.1) is 0 Å². The Morgan fingerprint density at radius 1 is 1.67 bits per heavy atom. The molecule has 0 aromatic carbocycles. The van der Waals surface area contributed by atoms with Crippen LogP contribution in [0.15, 0.2) is 23.7 Å². The molecular weight excluding hydrogens is 76.1 g/mol. The van der Waals surface area contributed by atoms with Gasteiger partial charge in [-0.25, -0.2) is 0 Å². The second-order valence-corrected chi connectivity index (χ2v) is 1.50. The highest BCUT2D eigenvalue weighted by molar-refractivity contribution is 5.36. The second-order valence-electron chi connectivity index (χ2n) is 1.50. The molecule has 2 rings (SSSR count). The Labute approximate surface area is 35.9 Å². The van der Waals surface area contributed by atoms with Crippen molar-refractivity contribution in [2.24, 2.45) is 0 Å². The molecule has 1 heteroatoms. The van der Waals surface area contributed by atoms with Crippen LogP contribution in [0.2, 0.25) is 0 Å². The van der Waals surface area contributed by atoms with E-state index in [-0.39, 0.29) is 0 Å². The molecule has 2 aliphatic rings. The van der Waals surface area contributed by atoms with E-state index in [9.17, 15) is 0 Å². The van der Waals surface area contributed by atoms with Crippen LogP contribution in [-0.4, -0.2) is 0 Å².